The average molecular weight is 395 g/mol. The molecule has 1 aromatic rings. The lowest BCUT2D eigenvalue weighted by Gasteiger charge is -2.19. The van der Waals surface area contributed by atoms with Crippen molar-refractivity contribution in [2.45, 2.75) is 39.2 Å². The van der Waals surface area contributed by atoms with Crippen LogP contribution in [0.1, 0.15) is 32.8 Å². The highest BCUT2D eigenvalue weighted by atomic mass is 16.6. The molecule has 0 spiro atoms. The predicted octanol–water partition coefficient (Wildman–Crippen LogP) is 2.33. The van der Waals surface area contributed by atoms with E-state index in [0.29, 0.717) is 13.1 Å². The third kappa shape index (κ3) is 9.34. The molecule has 0 saturated carbocycles. The Hall–Kier alpha value is -2.64. The summed E-state index contributed by atoms with van der Waals surface area (Å²) < 4.78 is 15.8. The molecule has 8 nitrogen and oxygen atoms in total. The molecule has 0 aliphatic carbocycles. The number of guanidine groups is 1. The highest BCUT2D eigenvalue weighted by molar-refractivity contribution is 5.79. The van der Waals surface area contributed by atoms with Gasteiger partial charge in [0.2, 0.25) is 0 Å². The van der Waals surface area contributed by atoms with Crippen molar-refractivity contribution in [2.24, 2.45) is 4.99 Å². The van der Waals surface area contributed by atoms with Crippen LogP contribution in [0.25, 0.3) is 0 Å². The number of amides is 1. The van der Waals surface area contributed by atoms with Crippen LogP contribution in [0.3, 0.4) is 0 Å². The van der Waals surface area contributed by atoms with E-state index in [1.807, 2.05) is 39.0 Å². The standard InChI is InChI=1S/C20H34N4O4/c1-20(2,3)28-19(25)24-12-7-11-22-18(21-4)23-13-10-15-8-9-16(26-5)17(14-15)27-6/h8-9,14H,7,10-13H2,1-6H3,(H,24,25)(H2,21,22,23). The molecule has 1 rings (SSSR count). The molecule has 0 radical (unpaired) electrons. The number of carbonyl (C=O) groups is 1. The number of hydrogen-bond acceptors (Lipinski definition) is 5. The first kappa shape index (κ1) is 23.4. The predicted molar refractivity (Wildman–Crippen MR) is 111 cm³/mol. The van der Waals surface area contributed by atoms with E-state index in [1.54, 1.807) is 21.3 Å². The molecule has 0 atom stereocenters. The van der Waals surface area contributed by atoms with Crippen molar-refractivity contribution in [3.8, 4) is 11.5 Å². The Bertz CT molecular complexity index is 642. The Morgan fingerprint density at radius 1 is 1.00 bits per heavy atom. The minimum absolute atomic E-state index is 0.398. The van der Waals surface area contributed by atoms with Crippen LogP contribution in [0.4, 0.5) is 4.79 Å². The van der Waals surface area contributed by atoms with Gasteiger partial charge < -0.3 is 30.2 Å². The van der Waals surface area contributed by atoms with E-state index in [-0.39, 0.29) is 0 Å². The number of carbonyl (C=O) groups excluding carboxylic acids is 1. The van der Waals surface area contributed by atoms with Gasteiger partial charge >= 0.3 is 6.09 Å². The summed E-state index contributed by atoms with van der Waals surface area (Å²) in [5.74, 6) is 2.16. The maximum absolute atomic E-state index is 11.6. The van der Waals surface area contributed by atoms with Crippen molar-refractivity contribution in [2.75, 3.05) is 40.9 Å². The third-order valence-corrected chi connectivity index (χ3v) is 3.69. The SMILES string of the molecule is CN=C(NCCCNC(=O)OC(C)(C)C)NCCc1ccc(OC)c(OC)c1. The Morgan fingerprint density at radius 3 is 2.25 bits per heavy atom. The average Bonchev–Trinajstić information content (AvgIpc) is 2.64. The summed E-state index contributed by atoms with van der Waals surface area (Å²) in [7, 11) is 4.98. The molecule has 158 valence electrons. The quantitative estimate of drug-likeness (QED) is 0.338. The largest absolute Gasteiger partial charge is 0.493 e. The van der Waals surface area contributed by atoms with Gasteiger partial charge in [-0.25, -0.2) is 4.79 Å². The second kappa shape index (κ2) is 11.9. The first-order chi connectivity index (χ1) is 13.3. The molecule has 1 amide bonds. The van der Waals surface area contributed by atoms with E-state index in [9.17, 15) is 4.79 Å². The number of methoxy groups -OCH3 is 2. The number of nitrogens with one attached hydrogen (secondary N) is 3. The highest BCUT2D eigenvalue weighted by Gasteiger charge is 2.15. The fourth-order valence-electron chi connectivity index (χ4n) is 2.38. The van der Waals surface area contributed by atoms with E-state index in [2.05, 4.69) is 20.9 Å². The zero-order valence-corrected chi connectivity index (χ0v) is 17.8. The highest BCUT2D eigenvalue weighted by Crippen LogP contribution is 2.27. The lowest BCUT2D eigenvalue weighted by molar-refractivity contribution is 0.0527. The molecule has 8 heteroatoms. The van der Waals surface area contributed by atoms with Crippen molar-refractivity contribution < 1.29 is 19.0 Å². The second-order valence-electron chi connectivity index (χ2n) is 7.15. The van der Waals surface area contributed by atoms with Crippen molar-refractivity contribution in [3.63, 3.8) is 0 Å². The second-order valence-corrected chi connectivity index (χ2v) is 7.15. The molecular weight excluding hydrogens is 360 g/mol. The molecule has 0 aliphatic rings. The first-order valence-electron chi connectivity index (χ1n) is 9.41. The van der Waals surface area contributed by atoms with Gasteiger partial charge in [0.15, 0.2) is 17.5 Å². The Kier molecular flexibility index (Phi) is 9.98. The van der Waals surface area contributed by atoms with Gasteiger partial charge in [-0.3, -0.25) is 4.99 Å². The zero-order chi connectivity index (χ0) is 21.0. The fraction of sp³-hybridized carbons (Fsp3) is 0.600. The van der Waals surface area contributed by atoms with E-state index in [0.717, 1.165) is 42.4 Å². The number of nitrogens with zero attached hydrogens (tertiary/aromatic N) is 1. The third-order valence-electron chi connectivity index (χ3n) is 3.69. The summed E-state index contributed by atoms with van der Waals surface area (Å²) >= 11 is 0. The summed E-state index contributed by atoms with van der Waals surface area (Å²) in [5, 5.41) is 9.22. The molecule has 0 aliphatic heterocycles. The van der Waals surface area contributed by atoms with Crippen LogP contribution >= 0.6 is 0 Å². The number of aliphatic imine (C=N–C) groups is 1. The van der Waals surface area contributed by atoms with Crippen LogP contribution in [-0.4, -0.2) is 58.6 Å². The van der Waals surface area contributed by atoms with Gasteiger partial charge in [-0.2, -0.15) is 0 Å². The lowest BCUT2D eigenvalue weighted by Crippen LogP contribution is -2.40. The summed E-state index contributed by atoms with van der Waals surface area (Å²) in [5.41, 5.74) is 0.657. The number of hydrogen-bond donors (Lipinski definition) is 3. The van der Waals surface area contributed by atoms with Crippen molar-refractivity contribution >= 4 is 12.1 Å². The molecule has 1 aromatic carbocycles. The number of rotatable bonds is 9. The lowest BCUT2D eigenvalue weighted by atomic mass is 10.1. The van der Waals surface area contributed by atoms with Crippen molar-refractivity contribution in [3.05, 3.63) is 23.8 Å². The van der Waals surface area contributed by atoms with E-state index < -0.39 is 11.7 Å². The normalized spacial score (nSPS) is 11.6. The number of ether oxygens (including phenoxy) is 3. The van der Waals surface area contributed by atoms with Crippen molar-refractivity contribution in [1.29, 1.82) is 0 Å². The smallest absolute Gasteiger partial charge is 0.407 e. The topological polar surface area (TPSA) is 93.2 Å². The minimum Gasteiger partial charge on any atom is -0.493 e. The van der Waals surface area contributed by atoms with Gasteiger partial charge in [0.25, 0.3) is 0 Å². The Labute approximate surface area is 168 Å². The van der Waals surface area contributed by atoms with Gasteiger partial charge in [0.1, 0.15) is 5.60 Å². The molecule has 0 fully saturated rings. The molecule has 0 saturated heterocycles. The minimum atomic E-state index is -0.484. The van der Waals surface area contributed by atoms with Gasteiger partial charge in [-0.1, -0.05) is 6.07 Å². The van der Waals surface area contributed by atoms with Crippen LogP contribution < -0.4 is 25.4 Å². The monoisotopic (exact) mass is 394 g/mol. The van der Waals surface area contributed by atoms with Crippen LogP contribution in [0.2, 0.25) is 0 Å². The van der Waals surface area contributed by atoms with Crippen LogP contribution in [0.5, 0.6) is 11.5 Å². The molecule has 28 heavy (non-hydrogen) atoms. The van der Waals surface area contributed by atoms with Crippen LogP contribution in [0, 0.1) is 0 Å². The molecule has 0 aromatic heterocycles. The van der Waals surface area contributed by atoms with Gasteiger partial charge in [-0.05, 0) is 51.3 Å². The summed E-state index contributed by atoms with van der Waals surface area (Å²) in [4.78, 5) is 15.8. The Morgan fingerprint density at radius 2 is 1.64 bits per heavy atom. The zero-order valence-electron chi connectivity index (χ0n) is 17.8. The van der Waals surface area contributed by atoms with E-state index in [4.69, 9.17) is 14.2 Å². The molecule has 0 heterocycles. The maximum atomic E-state index is 11.6. The van der Waals surface area contributed by atoms with Gasteiger partial charge in [0, 0.05) is 26.7 Å². The number of benzene rings is 1. The fourth-order valence-corrected chi connectivity index (χ4v) is 2.38. The molecular formula is C20H34N4O4. The molecule has 0 unspecified atom stereocenters. The summed E-state index contributed by atoms with van der Waals surface area (Å²) in [6.07, 6.45) is 1.18. The van der Waals surface area contributed by atoms with Gasteiger partial charge in [0.05, 0.1) is 14.2 Å². The Balaban J connectivity index is 2.26. The first-order valence-corrected chi connectivity index (χ1v) is 9.41. The van der Waals surface area contributed by atoms with E-state index in [1.165, 1.54) is 0 Å². The summed E-state index contributed by atoms with van der Waals surface area (Å²) in [6, 6.07) is 5.89. The summed E-state index contributed by atoms with van der Waals surface area (Å²) in [6.45, 7) is 7.46. The molecule has 3 N–H and O–H groups in total. The van der Waals surface area contributed by atoms with Crippen LogP contribution in [-0.2, 0) is 11.2 Å². The molecule has 0 bridgehead atoms. The number of alkyl carbamates (subject to hydrolysis) is 1. The maximum Gasteiger partial charge on any atom is 0.407 e. The van der Waals surface area contributed by atoms with Gasteiger partial charge in [-0.15, -0.1) is 0 Å². The van der Waals surface area contributed by atoms with E-state index >= 15 is 0 Å². The van der Waals surface area contributed by atoms with Crippen molar-refractivity contribution in [1.82, 2.24) is 16.0 Å². The van der Waals surface area contributed by atoms with Crippen LogP contribution in [0.15, 0.2) is 23.2 Å².